The summed E-state index contributed by atoms with van der Waals surface area (Å²) in [6.45, 7) is 0. The summed E-state index contributed by atoms with van der Waals surface area (Å²) < 4.78 is 0. The zero-order chi connectivity index (χ0) is 42.1. The van der Waals surface area contributed by atoms with E-state index in [-0.39, 0.29) is 0 Å². The molecule has 2 nitrogen and oxygen atoms in total. The van der Waals surface area contributed by atoms with Gasteiger partial charge in [0.2, 0.25) is 0 Å². The minimum atomic E-state index is 1.12. The first kappa shape index (κ1) is 36.2. The van der Waals surface area contributed by atoms with Crippen LogP contribution in [0.1, 0.15) is 0 Å². The van der Waals surface area contributed by atoms with E-state index in [0.29, 0.717) is 0 Å². The van der Waals surface area contributed by atoms with Gasteiger partial charge in [-0.2, -0.15) is 0 Å². The highest BCUT2D eigenvalue weighted by atomic mass is 15.1. The van der Waals surface area contributed by atoms with Crippen LogP contribution in [0.5, 0.6) is 0 Å². The summed E-state index contributed by atoms with van der Waals surface area (Å²) >= 11 is 0. The lowest BCUT2D eigenvalue weighted by molar-refractivity contribution is 1.29. The molecule has 13 rings (SSSR count). The first-order chi connectivity index (χ1) is 31.8. The number of benzene rings is 11. The van der Waals surface area contributed by atoms with Crippen molar-refractivity contribution in [2.75, 3.05) is 9.80 Å². The van der Waals surface area contributed by atoms with Gasteiger partial charge in [0.25, 0.3) is 0 Å². The van der Waals surface area contributed by atoms with Crippen LogP contribution in [-0.2, 0) is 0 Å². The van der Waals surface area contributed by atoms with Gasteiger partial charge in [-0.15, -0.1) is 0 Å². The number of hydrogen-bond acceptors (Lipinski definition) is 2. The van der Waals surface area contributed by atoms with Gasteiger partial charge in [0.1, 0.15) is 0 Å². The van der Waals surface area contributed by atoms with E-state index >= 15 is 0 Å². The van der Waals surface area contributed by atoms with Gasteiger partial charge in [0.05, 0.1) is 5.69 Å². The lowest BCUT2D eigenvalue weighted by Gasteiger charge is -2.27. The monoisotopic (exact) mass is 812 g/mol. The summed E-state index contributed by atoms with van der Waals surface area (Å²) in [4.78, 5) is 4.84. The van der Waals surface area contributed by atoms with Gasteiger partial charge in [-0.05, 0) is 155 Å². The third-order valence-corrected chi connectivity index (χ3v) is 13.2. The van der Waals surface area contributed by atoms with Crippen molar-refractivity contribution in [3.05, 3.63) is 243 Å². The molecule has 0 N–H and O–H groups in total. The van der Waals surface area contributed by atoms with E-state index in [1.54, 1.807) is 0 Å². The second kappa shape index (κ2) is 14.6. The Morgan fingerprint density at radius 3 is 1.27 bits per heavy atom. The van der Waals surface area contributed by atoms with Crippen LogP contribution < -0.4 is 9.80 Å². The van der Waals surface area contributed by atoms with Gasteiger partial charge in [0, 0.05) is 39.2 Å². The molecule has 0 bridgehead atoms. The molecule has 13 aromatic carbocycles. The van der Waals surface area contributed by atoms with Crippen LogP contribution in [0.25, 0.3) is 86.9 Å². The molecule has 0 spiro atoms. The van der Waals surface area contributed by atoms with E-state index in [0.717, 1.165) is 34.1 Å². The predicted octanol–water partition coefficient (Wildman–Crippen LogP) is 17.8. The fourth-order valence-corrected chi connectivity index (χ4v) is 10.6. The molecule has 13 aromatic rings. The largest absolute Gasteiger partial charge is 0.310 e. The first-order valence-electron chi connectivity index (χ1n) is 22.1. The Morgan fingerprint density at radius 1 is 0.219 bits per heavy atom. The summed E-state index contributed by atoms with van der Waals surface area (Å²) in [6, 6.07) is 88.9. The third-order valence-electron chi connectivity index (χ3n) is 13.2. The number of rotatable bonds is 8. The van der Waals surface area contributed by atoms with E-state index in [2.05, 4.69) is 252 Å². The normalized spacial score (nSPS) is 11.8. The molecule has 0 amide bonds. The van der Waals surface area contributed by atoms with Crippen LogP contribution in [0.15, 0.2) is 243 Å². The molecule has 0 fully saturated rings. The van der Waals surface area contributed by atoms with Crippen molar-refractivity contribution in [2.45, 2.75) is 0 Å². The Balaban J connectivity index is 1.20. The number of hydrogen-bond donors (Lipinski definition) is 0. The zero-order valence-electron chi connectivity index (χ0n) is 35.0. The highest BCUT2D eigenvalue weighted by Crippen LogP contribution is 2.54. The number of anilines is 6. The molecule has 0 atom stereocenters. The molecule has 0 unspecified atom stereocenters. The van der Waals surface area contributed by atoms with Crippen LogP contribution >= 0.6 is 0 Å². The van der Waals surface area contributed by atoms with Crippen molar-refractivity contribution in [3.8, 4) is 22.3 Å². The molecule has 64 heavy (non-hydrogen) atoms. The highest BCUT2D eigenvalue weighted by Gasteiger charge is 2.26. The number of nitrogens with zero attached hydrogens (tertiary/aromatic N) is 2. The summed E-state index contributed by atoms with van der Waals surface area (Å²) in [6.07, 6.45) is 0. The predicted molar refractivity (Wildman–Crippen MR) is 274 cm³/mol. The Bertz CT molecular complexity index is 3720. The minimum absolute atomic E-state index is 1.12. The molecule has 2 heteroatoms. The summed E-state index contributed by atoms with van der Waals surface area (Å²) in [5, 5.41) is 15.3. The van der Waals surface area contributed by atoms with Crippen LogP contribution in [0.4, 0.5) is 34.1 Å². The van der Waals surface area contributed by atoms with Crippen molar-refractivity contribution in [3.63, 3.8) is 0 Å². The van der Waals surface area contributed by atoms with Gasteiger partial charge < -0.3 is 9.80 Å². The molecule has 0 heterocycles. The standard InChI is InChI=1S/C62H40N2/c1-7-19-41(20-8-1)43-37-44-38-49(63(45-23-11-3-12-24-45)46-25-13-4-14-26-46)40-56-58(44)55(39-43)52-32-34-54-61(60(52)56)53-33-31-50(42-21-9-2-10-22-42)51-35-36-57(62(54)59(51)53)64(47-27-15-5-16-28-47)48-29-17-6-18-30-48/h1-40H. The zero-order valence-corrected chi connectivity index (χ0v) is 35.0. The summed E-state index contributed by atoms with van der Waals surface area (Å²) in [7, 11) is 0. The van der Waals surface area contributed by atoms with Crippen LogP contribution in [0.2, 0.25) is 0 Å². The Kier molecular flexibility index (Phi) is 8.25. The fourth-order valence-electron chi connectivity index (χ4n) is 10.6. The van der Waals surface area contributed by atoms with Gasteiger partial charge in [-0.25, -0.2) is 0 Å². The van der Waals surface area contributed by atoms with Crippen LogP contribution in [0.3, 0.4) is 0 Å². The van der Waals surface area contributed by atoms with Gasteiger partial charge in [-0.1, -0.05) is 164 Å². The first-order valence-corrected chi connectivity index (χ1v) is 22.1. The maximum atomic E-state index is 2.46. The van der Waals surface area contributed by atoms with Crippen molar-refractivity contribution >= 4 is 98.8 Å². The second-order valence-electron chi connectivity index (χ2n) is 16.8. The molecule has 0 aliphatic rings. The topological polar surface area (TPSA) is 6.48 Å². The fraction of sp³-hybridized carbons (Fsp3) is 0. The van der Waals surface area contributed by atoms with Crippen molar-refractivity contribution in [1.29, 1.82) is 0 Å². The average molecular weight is 813 g/mol. The van der Waals surface area contributed by atoms with Gasteiger partial charge in [0.15, 0.2) is 0 Å². The van der Waals surface area contributed by atoms with Crippen molar-refractivity contribution in [2.24, 2.45) is 0 Å². The molecular weight excluding hydrogens is 773 g/mol. The van der Waals surface area contributed by atoms with E-state index in [4.69, 9.17) is 0 Å². The Labute approximate surface area is 371 Å². The molecule has 0 saturated carbocycles. The Hall–Kier alpha value is -8.46. The number of para-hydroxylation sites is 4. The van der Waals surface area contributed by atoms with Crippen molar-refractivity contribution < 1.29 is 0 Å². The van der Waals surface area contributed by atoms with Crippen molar-refractivity contribution in [1.82, 2.24) is 0 Å². The summed E-state index contributed by atoms with van der Waals surface area (Å²) in [5.74, 6) is 0. The van der Waals surface area contributed by atoms with E-state index in [9.17, 15) is 0 Å². The molecular formula is C62H40N2. The molecule has 0 aliphatic heterocycles. The van der Waals surface area contributed by atoms with Crippen LogP contribution in [-0.4, -0.2) is 0 Å². The highest BCUT2D eigenvalue weighted by molar-refractivity contribution is 6.45. The summed E-state index contributed by atoms with van der Waals surface area (Å²) in [5.41, 5.74) is 11.7. The van der Waals surface area contributed by atoms with E-state index < -0.39 is 0 Å². The average Bonchev–Trinajstić information content (AvgIpc) is 3.88. The molecule has 0 aliphatic carbocycles. The smallest absolute Gasteiger partial charge is 0.0546 e. The molecule has 0 saturated heterocycles. The SMILES string of the molecule is c1ccc(-c2cc3cc(N(c4ccccc4)c4ccccc4)cc4c3c(c2)c2ccc3c5c(N(c6ccccc6)c6ccccc6)ccc6c(-c7ccccc7)ccc(c65)c3c24)cc1. The molecule has 0 aromatic heterocycles. The van der Waals surface area contributed by atoms with Gasteiger partial charge in [-0.3, -0.25) is 0 Å². The maximum Gasteiger partial charge on any atom is 0.0546 e. The Morgan fingerprint density at radius 2 is 0.672 bits per heavy atom. The lowest BCUT2D eigenvalue weighted by Crippen LogP contribution is -2.10. The molecule has 298 valence electrons. The maximum absolute atomic E-state index is 2.46. The van der Waals surface area contributed by atoms with E-state index in [1.165, 1.54) is 86.9 Å². The second-order valence-corrected chi connectivity index (χ2v) is 16.8. The van der Waals surface area contributed by atoms with Crippen LogP contribution in [0, 0.1) is 0 Å². The minimum Gasteiger partial charge on any atom is -0.310 e. The number of fused-ring (bicyclic) bond motifs is 7. The van der Waals surface area contributed by atoms with Gasteiger partial charge >= 0.3 is 0 Å². The quantitative estimate of drug-likeness (QED) is 0.151. The third kappa shape index (κ3) is 5.59. The molecule has 0 radical (unpaired) electrons. The van der Waals surface area contributed by atoms with E-state index in [1.807, 2.05) is 0 Å². The lowest BCUT2D eigenvalue weighted by atomic mass is 9.95.